The van der Waals surface area contributed by atoms with Crippen LogP contribution in [0.3, 0.4) is 0 Å². The molecule has 1 aromatic heterocycles. The number of amides is 1. The molecule has 1 unspecified atom stereocenters. The van der Waals surface area contributed by atoms with Gasteiger partial charge in [-0.3, -0.25) is 4.79 Å². The number of aromatic nitrogens is 2. The Morgan fingerprint density at radius 3 is 2.82 bits per heavy atom. The molecule has 1 spiro atoms. The van der Waals surface area contributed by atoms with E-state index in [9.17, 15) is 4.79 Å². The minimum Gasteiger partial charge on any atom is -0.347 e. The summed E-state index contributed by atoms with van der Waals surface area (Å²) in [6.45, 7) is 5.91. The minimum atomic E-state index is -0.0212. The van der Waals surface area contributed by atoms with E-state index in [1.54, 1.807) is 0 Å². The molecule has 2 heterocycles. The molecule has 1 amide bonds. The molecule has 1 atom stereocenters. The number of piperidine rings is 1. The summed E-state index contributed by atoms with van der Waals surface area (Å²) in [4.78, 5) is 26.7. The summed E-state index contributed by atoms with van der Waals surface area (Å²) in [6.07, 6.45) is 6.17. The summed E-state index contributed by atoms with van der Waals surface area (Å²) in [7, 11) is 3.95. The highest BCUT2D eigenvalue weighted by Gasteiger charge is 2.45. The molecule has 0 N–H and O–H groups in total. The van der Waals surface area contributed by atoms with Crippen molar-refractivity contribution < 1.29 is 4.79 Å². The van der Waals surface area contributed by atoms with Gasteiger partial charge in [0.15, 0.2) is 0 Å². The van der Waals surface area contributed by atoms with Gasteiger partial charge in [-0.15, -0.1) is 0 Å². The van der Waals surface area contributed by atoms with Gasteiger partial charge < -0.3 is 9.80 Å². The number of likely N-dealkylation sites (tertiary alicyclic amines) is 1. The third-order valence-electron chi connectivity index (χ3n) is 6.29. The number of carbonyl (C=O) groups excluding carboxylic acids is 1. The van der Waals surface area contributed by atoms with Crippen molar-refractivity contribution in [1.29, 1.82) is 0 Å². The first-order valence-corrected chi connectivity index (χ1v) is 10.3. The lowest BCUT2D eigenvalue weighted by molar-refractivity contribution is 0.0633. The molecule has 1 fully saturated rings. The molecule has 0 bridgehead atoms. The van der Waals surface area contributed by atoms with E-state index in [4.69, 9.17) is 4.98 Å². The number of benzene rings is 1. The van der Waals surface area contributed by atoms with Crippen LogP contribution in [0.15, 0.2) is 30.5 Å². The number of nitrogens with zero attached hydrogens (tertiary/aromatic N) is 4. The molecule has 2 aliphatic rings. The van der Waals surface area contributed by atoms with Crippen LogP contribution in [0.1, 0.15) is 66.2 Å². The van der Waals surface area contributed by atoms with E-state index in [1.807, 2.05) is 37.3 Å². The van der Waals surface area contributed by atoms with Crippen molar-refractivity contribution in [1.82, 2.24) is 14.9 Å². The number of rotatable bonds is 3. The molecule has 2 aromatic rings. The highest BCUT2D eigenvalue weighted by Crippen LogP contribution is 2.44. The van der Waals surface area contributed by atoms with Crippen LogP contribution in [0.2, 0.25) is 0 Å². The highest BCUT2D eigenvalue weighted by molar-refractivity contribution is 5.94. The molecule has 5 nitrogen and oxygen atoms in total. The Morgan fingerprint density at radius 1 is 1.25 bits per heavy atom. The van der Waals surface area contributed by atoms with E-state index < -0.39 is 0 Å². The average Bonchev–Trinajstić information content (AvgIpc) is 3.04. The molecule has 1 aliphatic carbocycles. The van der Waals surface area contributed by atoms with Crippen molar-refractivity contribution in [3.8, 4) is 0 Å². The molecule has 148 valence electrons. The number of anilines is 1. The van der Waals surface area contributed by atoms with Crippen LogP contribution in [0.5, 0.6) is 0 Å². The molecule has 1 aromatic carbocycles. The van der Waals surface area contributed by atoms with Gasteiger partial charge in [0.05, 0.1) is 5.69 Å². The lowest BCUT2D eigenvalue weighted by Gasteiger charge is -2.40. The molecular formula is C23H30N4O. The molecule has 1 aliphatic heterocycles. The number of aryl methyl sites for hydroxylation is 1. The monoisotopic (exact) mass is 378 g/mol. The van der Waals surface area contributed by atoms with Gasteiger partial charge in [-0.05, 0) is 54.9 Å². The minimum absolute atomic E-state index is 0.0212. The van der Waals surface area contributed by atoms with Gasteiger partial charge in [-0.25, -0.2) is 9.97 Å². The van der Waals surface area contributed by atoms with Gasteiger partial charge in [0.25, 0.3) is 5.91 Å². The predicted molar refractivity (Wildman–Crippen MR) is 112 cm³/mol. The van der Waals surface area contributed by atoms with Crippen LogP contribution >= 0.6 is 0 Å². The van der Waals surface area contributed by atoms with Gasteiger partial charge in [-0.2, -0.15) is 0 Å². The maximum atomic E-state index is 13.3. The van der Waals surface area contributed by atoms with E-state index >= 15 is 0 Å². The average molecular weight is 379 g/mol. The standard InChI is InChI=1S/C23H30N4O/c1-16(2)17-7-5-8-18(13-17)21(28)27-12-6-10-23(15-27)11-9-19-14-24-22(26(3)4)25-20(19)23/h5,7-8,13-14,16H,6,9-12,15H2,1-4H3. The van der Waals surface area contributed by atoms with Crippen LogP contribution in [-0.4, -0.2) is 48.0 Å². The summed E-state index contributed by atoms with van der Waals surface area (Å²) in [6, 6.07) is 8.11. The zero-order valence-corrected chi connectivity index (χ0v) is 17.4. The highest BCUT2D eigenvalue weighted by atomic mass is 16.2. The summed E-state index contributed by atoms with van der Waals surface area (Å²) in [5, 5.41) is 0. The first-order chi connectivity index (χ1) is 13.4. The number of hydrogen-bond acceptors (Lipinski definition) is 4. The molecule has 28 heavy (non-hydrogen) atoms. The normalized spacial score (nSPS) is 21.2. The summed E-state index contributed by atoms with van der Waals surface area (Å²) in [5.74, 6) is 1.33. The third-order valence-corrected chi connectivity index (χ3v) is 6.29. The second-order valence-corrected chi connectivity index (χ2v) is 8.83. The SMILES string of the molecule is CC(C)c1cccc(C(=O)N2CCCC3(CCc4cnc(N(C)C)nc43)C2)c1. The van der Waals surface area contributed by atoms with Gasteiger partial charge in [0, 0.05) is 44.4 Å². The Labute approximate surface area is 167 Å². The third kappa shape index (κ3) is 3.27. The van der Waals surface area contributed by atoms with Crippen molar-refractivity contribution in [2.45, 2.75) is 50.9 Å². The number of fused-ring (bicyclic) bond motifs is 2. The molecule has 4 rings (SSSR count). The van der Waals surface area contributed by atoms with Gasteiger partial charge in [0.2, 0.25) is 5.95 Å². The van der Waals surface area contributed by atoms with Crippen LogP contribution in [0.4, 0.5) is 5.95 Å². The summed E-state index contributed by atoms with van der Waals surface area (Å²) < 4.78 is 0. The molecule has 5 heteroatoms. The second-order valence-electron chi connectivity index (χ2n) is 8.83. The topological polar surface area (TPSA) is 49.3 Å². The molecular weight excluding hydrogens is 348 g/mol. The zero-order chi connectivity index (χ0) is 19.9. The first-order valence-electron chi connectivity index (χ1n) is 10.3. The number of carbonyl (C=O) groups is 1. The predicted octanol–water partition coefficient (Wildman–Crippen LogP) is 3.79. The van der Waals surface area contributed by atoms with E-state index in [-0.39, 0.29) is 11.3 Å². The van der Waals surface area contributed by atoms with Gasteiger partial charge >= 0.3 is 0 Å². The smallest absolute Gasteiger partial charge is 0.253 e. The van der Waals surface area contributed by atoms with E-state index in [0.29, 0.717) is 5.92 Å². The molecule has 0 saturated carbocycles. The van der Waals surface area contributed by atoms with Crippen molar-refractivity contribution in [3.63, 3.8) is 0 Å². The first kappa shape index (κ1) is 18.9. The zero-order valence-electron chi connectivity index (χ0n) is 17.4. The van der Waals surface area contributed by atoms with Crippen molar-refractivity contribution in [3.05, 3.63) is 52.8 Å². The van der Waals surface area contributed by atoms with Crippen molar-refractivity contribution >= 4 is 11.9 Å². The maximum absolute atomic E-state index is 13.3. The number of hydrogen-bond donors (Lipinski definition) is 0. The van der Waals surface area contributed by atoms with E-state index in [1.165, 1.54) is 16.8 Å². The summed E-state index contributed by atoms with van der Waals surface area (Å²) in [5.41, 5.74) is 4.42. The molecule has 1 saturated heterocycles. The Bertz CT molecular complexity index is 888. The van der Waals surface area contributed by atoms with Crippen LogP contribution in [-0.2, 0) is 11.8 Å². The molecule has 0 radical (unpaired) electrons. The van der Waals surface area contributed by atoms with Gasteiger partial charge in [-0.1, -0.05) is 26.0 Å². The van der Waals surface area contributed by atoms with Crippen LogP contribution < -0.4 is 4.90 Å². The fourth-order valence-electron chi connectivity index (χ4n) is 4.66. The van der Waals surface area contributed by atoms with Crippen LogP contribution in [0.25, 0.3) is 0 Å². The Hall–Kier alpha value is -2.43. The van der Waals surface area contributed by atoms with Crippen LogP contribution in [0, 0.1) is 0 Å². The lowest BCUT2D eigenvalue weighted by atomic mass is 9.77. The Kier molecular flexibility index (Phi) is 4.86. The largest absolute Gasteiger partial charge is 0.347 e. The fourth-order valence-corrected chi connectivity index (χ4v) is 4.66. The fraction of sp³-hybridized carbons (Fsp3) is 0.522. The summed E-state index contributed by atoms with van der Waals surface area (Å²) >= 11 is 0. The second kappa shape index (κ2) is 7.19. The Balaban J connectivity index is 1.62. The van der Waals surface area contributed by atoms with E-state index in [0.717, 1.165) is 50.3 Å². The van der Waals surface area contributed by atoms with Gasteiger partial charge in [0.1, 0.15) is 0 Å². The quantitative estimate of drug-likeness (QED) is 0.815. The Morgan fingerprint density at radius 2 is 2.07 bits per heavy atom. The maximum Gasteiger partial charge on any atom is 0.253 e. The lowest BCUT2D eigenvalue weighted by Crippen LogP contribution is -2.48. The van der Waals surface area contributed by atoms with Crippen molar-refractivity contribution in [2.75, 3.05) is 32.1 Å². The van der Waals surface area contributed by atoms with Crippen molar-refractivity contribution in [2.24, 2.45) is 0 Å². The van der Waals surface area contributed by atoms with E-state index in [2.05, 4.69) is 35.9 Å².